The van der Waals surface area contributed by atoms with Gasteiger partial charge in [-0.05, 0) is 132 Å². The minimum Gasteiger partial charge on any atom is -0.455 e. The molecule has 0 saturated carbocycles. The van der Waals surface area contributed by atoms with E-state index in [-0.39, 0.29) is 0 Å². The van der Waals surface area contributed by atoms with Crippen molar-refractivity contribution in [2.45, 2.75) is 0 Å². The minimum atomic E-state index is 0.863. The SMILES string of the molecule is c1ccc(-c2cccc(-c3ccc(N(c4ccc(-c5ccc6ccccc6c5)cc4)c4ccc(-c5cc6ccccc6c6ccccc56)c5oc6ccccc6c45)cc3)c2)cc1. The lowest BCUT2D eigenvalue weighted by atomic mass is 9.92. The van der Waals surface area contributed by atoms with Gasteiger partial charge in [-0.3, -0.25) is 0 Å². The number of rotatable bonds is 7. The second-order valence-electron chi connectivity index (χ2n) is 16.1. The summed E-state index contributed by atoms with van der Waals surface area (Å²) in [5, 5.41) is 9.52. The van der Waals surface area contributed by atoms with E-state index in [1.807, 2.05) is 0 Å². The molecule has 0 aliphatic rings. The Morgan fingerprint density at radius 2 is 0.823 bits per heavy atom. The van der Waals surface area contributed by atoms with E-state index >= 15 is 0 Å². The molecule has 0 fully saturated rings. The van der Waals surface area contributed by atoms with Crippen LogP contribution in [0, 0.1) is 0 Å². The summed E-state index contributed by atoms with van der Waals surface area (Å²) in [6.45, 7) is 0. The molecule has 0 saturated heterocycles. The van der Waals surface area contributed by atoms with Gasteiger partial charge in [0.05, 0.1) is 11.1 Å². The van der Waals surface area contributed by atoms with Crippen molar-refractivity contribution >= 4 is 71.3 Å². The maximum atomic E-state index is 6.97. The zero-order valence-corrected chi connectivity index (χ0v) is 33.9. The zero-order valence-electron chi connectivity index (χ0n) is 33.9. The molecule has 0 spiro atoms. The van der Waals surface area contributed by atoms with Crippen molar-refractivity contribution in [3.8, 4) is 44.5 Å². The van der Waals surface area contributed by atoms with E-state index in [0.717, 1.165) is 55.7 Å². The highest BCUT2D eigenvalue weighted by Gasteiger charge is 2.23. The summed E-state index contributed by atoms with van der Waals surface area (Å²) in [6, 6.07) is 85.4. The summed E-state index contributed by atoms with van der Waals surface area (Å²) in [7, 11) is 0. The molecule has 0 N–H and O–H groups in total. The number of hydrogen-bond acceptors (Lipinski definition) is 2. The normalized spacial score (nSPS) is 11.5. The monoisotopic (exact) mass is 789 g/mol. The van der Waals surface area contributed by atoms with Gasteiger partial charge in [-0.25, -0.2) is 0 Å². The lowest BCUT2D eigenvalue weighted by Crippen LogP contribution is -2.10. The van der Waals surface area contributed by atoms with Crippen molar-refractivity contribution < 1.29 is 4.42 Å². The minimum absolute atomic E-state index is 0.863. The van der Waals surface area contributed by atoms with Gasteiger partial charge in [-0.1, -0.05) is 176 Å². The van der Waals surface area contributed by atoms with Crippen LogP contribution in [0.4, 0.5) is 17.1 Å². The largest absolute Gasteiger partial charge is 0.455 e. The average molecular weight is 790 g/mol. The Balaban J connectivity index is 1.05. The van der Waals surface area contributed by atoms with Gasteiger partial charge in [0.25, 0.3) is 0 Å². The van der Waals surface area contributed by atoms with Crippen LogP contribution in [-0.2, 0) is 0 Å². The molecule has 62 heavy (non-hydrogen) atoms. The fourth-order valence-corrected chi connectivity index (χ4v) is 9.40. The number of nitrogens with zero attached hydrogens (tertiary/aromatic N) is 1. The highest BCUT2D eigenvalue weighted by molar-refractivity contribution is 6.21. The molecule has 0 unspecified atom stereocenters. The molecule has 1 aromatic heterocycles. The molecule has 0 radical (unpaired) electrons. The van der Waals surface area contributed by atoms with Gasteiger partial charge < -0.3 is 9.32 Å². The third-order valence-corrected chi connectivity index (χ3v) is 12.4. The van der Waals surface area contributed by atoms with Crippen molar-refractivity contribution in [1.29, 1.82) is 0 Å². The van der Waals surface area contributed by atoms with Crippen LogP contribution >= 0.6 is 0 Å². The van der Waals surface area contributed by atoms with Crippen molar-refractivity contribution in [1.82, 2.24) is 0 Å². The summed E-state index contributed by atoms with van der Waals surface area (Å²) in [6.07, 6.45) is 0. The third kappa shape index (κ3) is 6.12. The number of para-hydroxylation sites is 1. The second-order valence-corrected chi connectivity index (χ2v) is 16.1. The van der Waals surface area contributed by atoms with Gasteiger partial charge in [0.1, 0.15) is 11.2 Å². The summed E-state index contributed by atoms with van der Waals surface area (Å²) in [5.74, 6) is 0. The van der Waals surface area contributed by atoms with Gasteiger partial charge >= 0.3 is 0 Å². The Morgan fingerprint density at radius 1 is 0.290 bits per heavy atom. The second kappa shape index (κ2) is 14.8. The first-order valence-corrected chi connectivity index (χ1v) is 21.2. The fraction of sp³-hybridized carbons (Fsp3) is 0. The molecule has 0 atom stereocenters. The maximum absolute atomic E-state index is 6.97. The molecule has 290 valence electrons. The van der Waals surface area contributed by atoms with Crippen LogP contribution in [0.5, 0.6) is 0 Å². The number of hydrogen-bond donors (Lipinski definition) is 0. The first kappa shape index (κ1) is 35.7. The molecule has 12 aromatic rings. The summed E-state index contributed by atoms with van der Waals surface area (Å²) in [5.41, 5.74) is 14.2. The summed E-state index contributed by atoms with van der Waals surface area (Å²) >= 11 is 0. The van der Waals surface area contributed by atoms with E-state index in [1.165, 1.54) is 60.1 Å². The Morgan fingerprint density at radius 3 is 1.55 bits per heavy atom. The van der Waals surface area contributed by atoms with Crippen molar-refractivity contribution in [2.75, 3.05) is 4.90 Å². The standard InChI is InChI=1S/C60H39NO/c1-2-13-40(14-3-1)45-18-12-19-46(37-45)42-27-31-49(32-28-42)61(50-33-29-43(30-34-50)47-26-25-41-15-4-5-16-44(41)38-47)57-36-35-54(60-59(57)55-23-10-11-24-58(55)62-60)56-39-48-17-6-7-20-51(48)52-21-8-9-22-53(52)56/h1-39H. The predicted octanol–water partition coefficient (Wildman–Crippen LogP) is 17.2. The van der Waals surface area contributed by atoms with Gasteiger partial charge in [0.2, 0.25) is 0 Å². The van der Waals surface area contributed by atoms with Crippen LogP contribution in [-0.4, -0.2) is 0 Å². The van der Waals surface area contributed by atoms with Crippen molar-refractivity contribution in [3.63, 3.8) is 0 Å². The van der Waals surface area contributed by atoms with E-state index in [4.69, 9.17) is 4.42 Å². The molecule has 1 heterocycles. The smallest absolute Gasteiger partial charge is 0.145 e. The lowest BCUT2D eigenvalue weighted by molar-refractivity contribution is 0.670. The van der Waals surface area contributed by atoms with Gasteiger partial charge in [-0.2, -0.15) is 0 Å². The van der Waals surface area contributed by atoms with Crippen LogP contribution < -0.4 is 4.90 Å². The number of benzene rings is 11. The summed E-state index contributed by atoms with van der Waals surface area (Å²) < 4.78 is 6.97. The maximum Gasteiger partial charge on any atom is 0.145 e. The first-order chi connectivity index (χ1) is 30.7. The number of furan rings is 1. The van der Waals surface area contributed by atoms with E-state index in [1.54, 1.807) is 0 Å². The van der Waals surface area contributed by atoms with Crippen LogP contribution in [0.25, 0.3) is 98.8 Å². The predicted molar refractivity (Wildman–Crippen MR) is 263 cm³/mol. The molecule has 0 aliphatic heterocycles. The quantitative estimate of drug-likeness (QED) is 0.150. The van der Waals surface area contributed by atoms with Gasteiger partial charge in [0, 0.05) is 22.3 Å². The molecule has 12 rings (SSSR count). The van der Waals surface area contributed by atoms with Crippen molar-refractivity contribution in [2.24, 2.45) is 0 Å². The Bertz CT molecular complexity index is 3620. The highest BCUT2D eigenvalue weighted by atomic mass is 16.3. The van der Waals surface area contributed by atoms with Gasteiger partial charge in [0.15, 0.2) is 0 Å². The zero-order chi connectivity index (χ0) is 41.0. The molecule has 0 amide bonds. The third-order valence-electron chi connectivity index (χ3n) is 12.4. The average Bonchev–Trinajstić information content (AvgIpc) is 3.75. The van der Waals surface area contributed by atoms with Crippen molar-refractivity contribution in [3.05, 3.63) is 237 Å². The van der Waals surface area contributed by atoms with Crippen LogP contribution in [0.2, 0.25) is 0 Å². The molecular weight excluding hydrogens is 751 g/mol. The highest BCUT2D eigenvalue weighted by Crippen LogP contribution is 2.48. The topological polar surface area (TPSA) is 16.4 Å². The lowest BCUT2D eigenvalue weighted by Gasteiger charge is -2.27. The van der Waals surface area contributed by atoms with Crippen LogP contribution in [0.1, 0.15) is 0 Å². The number of anilines is 3. The molecule has 0 bridgehead atoms. The molecule has 0 aliphatic carbocycles. The number of fused-ring (bicyclic) bond motifs is 7. The molecule has 2 heteroatoms. The van der Waals surface area contributed by atoms with E-state index in [0.29, 0.717) is 0 Å². The Hall–Kier alpha value is -8.20. The van der Waals surface area contributed by atoms with Gasteiger partial charge in [-0.15, -0.1) is 0 Å². The van der Waals surface area contributed by atoms with E-state index in [9.17, 15) is 0 Å². The van der Waals surface area contributed by atoms with Crippen LogP contribution in [0.15, 0.2) is 241 Å². The van der Waals surface area contributed by atoms with E-state index < -0.39 is 0 Å². The summed E-state index contributed by atoms with van der Waals surface area (Å²) in [4.78, 5) is 2.39. The fourth-order valence-electron chi connectivity index (χ4n) is 9.40. The molecular formula is C60H39NO. The van der Waals surface area contributed by atoms with E-state index in [2.05, 4.69) is 241 Å². The molecule has 2 nitrogen and oxygen atoms in total. The Kier molecular flexibility index (Phi) is 8.53. The Labute approximate surface area is 360 Å². The molecule has 11 aromatic carbocycles. The van der Waals surface area contributed by atoms with Crippen LogP contribution in [0.3, 0.4) is 0 Å². The first-order valence-electron chi connectivity index (χ1n) is 21.2.